The van der Waals surface area contributed by atoms with Gasteiger partial charge in [-0.3, -0.25) is 19.5 Å². The molecule has 1 unspecified atom stereocenters. The normalized spacial score (nSPS) is 11.5. The largest absolute Gasteiger partial charge is 0.468 e. The number of methoxy groups -OCH3 is 1. The number of nitrogens with two attached hydrogens (primary N) is 1. The number of ether oxygens (including phenoxy) is 1. The van der Waals surface area contributed by atoms with Crippen LogP contribution in [0, 0.1) is 11.3 Å². The summed E-state index contributed by atoms with van der Waals surface area (Å²) in [5, 5.41) is 21.0. The molecule has 0 saturated heterocycles. The number of benzene rings is 2. The first-order valence-corrected chi connectivity index (χ1v) is 12.4. The van der Waals surface area contributed by atoms with Crippen molar-refractivity contribution >= 4 is 35.5 Å². The molecule has 0 saturated carbocycles. The summed E-state index contributed by atoms with van der Waals surface area (Å²) in [4.78, 5) is 25.1. The summed E-state index contributed by atoms with van der Waals surface area (Å²) in [6, 6.07) is 20.1. The van der Waals surface area contributed by atoms with E-state index in [9.17, 15) is 14.9 Å². The number of nitrogens with one attached hydrogen (secondary N) is 1. The van der Waals surface area contributed by atoms with Crippen molar-refractivity contribution in [3.63, 3.8) is 0 Å². The molecular formula is C26H24N6O4S. The second-order valence-corrected chi connectivity index (χ2v) is 8.79. The summed E-state index contributed by atoms with van der Waals surface area (Å²) in [6.45, 7) is 1.80. The van der Waals surface area contributed by atoms with E-state index in [2.05, 4.69) is 26.3 Å². The van der Waals surface area contributed by atoms with E-state index in [0.29, 0.717) is 22.9 Å². The zero-order valence-corrected chi connectivity index (χ0v) is 21.0. The van der Waals surface area contributed by atoms with Gasteiger partial charge in [0.25, 0.3) is 0 Å². The van der Waals surface area contributed by atoms with Crippen LogP contribution in [-0.4, -0.2) is 39.5 Å². The van der Waals surface area contributed by atoms with Gasteiger partial charge in [0.2, 0.25) is 17.7 Å². The SMILES string of the molecule is CCC(C(=O)Nc1oc(-c2ccccc2)c(-c2ccccc2)c1C#N)n1c(N)nnc1SCC(=O)OC. The first kappa shape index (κ1) is 25.5. The van der Waals surface area contributed by atoms with E-state index in [1.807, 2.05) is 60.7 Å². The standard InChI is InChI=1S/C26H24N6O4S/c1-3-19(32-25(28)30-31-26(32)37-15-20(33)35-2)23(34)29-24-18(14-27)21(16-10-6-4-7-11-16)22(36-24)17-12-8-5-9-13-17/h4-13,19H,3,15H2,1-2H3,(H2,28,30)(H,29,34). The van der Waals surface area contributed by atoms with Crippen molar-refractivity contribution < 1.29 is 18.7 Å². The minimum Gasteiger partial charge on any atom is -0.468 e. The molecule has 188 valence electrons. The van der Waals surface area contributed by atoms with E-state index in [4.69, 9.17) is 10.2 Å². The molecule has 0 aliphatic rings. The first-order chi connectivity index (χ1) is 18.0. The molecule has 0 aliphatic carbocycles. The highest BCUT2D eigenvalue weighted by Crippen LogP contribution is 2.41. The van der Waals surface area contributed by atoms with E-state index in [1.165, 1.54) is 11.7 Å². The van der Waals surface area contributed by atoms with Crippen LogP contribution in [0.15, 0.2) is 70.2 Å². The second-order valence-electron chi connectivity index (χ2n) is 7.84. The van der Waals surface area contributed by atoms with Crippen LogP contribution in [0.2, 0.25) is 0 Å². The molecule has 0 radical (unpaired) electrons. The lowest BCUT2D eigenvalue weighted by Gasteiger charge is -2.18. The Morgan fingerprint density at radius 1 is 1.14 bits per heavy atom. The number of hydrogen-bond acceptors (Lipinski definition) is 9. The summed E-state index contributed by atoms with van der Waals surface area (Å²) in [7, 11) is 1.29. The molecule has 0 bridgehead atoms. The maximum Gasteiger partial charge on any atom is 0.316 e. The van der Waals surface area contributed by atoms with E-state index >= 15 is 0 Å². The van der Waals surface area contributed by atoms with Crippen molar-refractivity contribution in [1.82, 2.24) is 14.8 Å². The van der Waals surface area contributed by atoms with Gasteiger partial charge in [-0.15, -0.1) is 10.2 Å². The third-order valence-corrected chi connectivity index (χ3v) is 6.51. The number of nitrogens with zero attached hydrogens (tertiary/aromatic N) is 4. The lowest BCUT2D eigenvalue weighted by Crippen LogP contribution is -2.27. The summed E-state index contributed by atoms with van der Waals surface area (Å²) in [5.41, 5.74) is 8.34. The Balaban J connectivity index is 1.72. The predicted molar refractivity (Wildman–Crippen MR) is 139 cm³/mol. The van der Waals surface area contributed by atoms with Gasteiger partial charge < -0.3 is 14.9 Å². The molecule has 1 atom stereocenters. The summed E-state index contributed by atoms with van der Waals surface area (Å²) in [6.07, 6.45) is 0.333. The second kappa shape index (κ2) is 11.5. The molecule has 1 amide bonds. The quantitative estimate of drug-likeness (QED) is 0.242. The number of hydrogen-bond donors (Lipinski definition) is 2. The molecular weight excluding hydrogens is 492 g/mol. The van der Waals surface area contributed by atoms with Crippen LogP contribution < -0.4 is 11.1 Å². The average molecular weight is 517 g/mol. The van der Waals surface area contributed by atoms with Crippen molar-refractivity contribution in [3.05, 3.63) is 66.2 Å². The van der Waals surface area contributed by atoms with Crippen molar-refractivity contribution in [2.24, 2.45) is 0 Å². The fraction of sp³-hybridized carbons (Fsp3) is 0.192. The van der Waals surface area contributed by atoms with Crippen molar-refractivity contribution in [3.8, 4) is 28.5 Å². The molecule has 4 aromatic rings. The van der Waals surface area contributed by atoms with Gasteiger partial charge in [-0.1, -0.05) is 79.3 Å². The number of nitrogen functional groups attached to an aromatic ring is 1. The Labute approximate surface area is 217 Å². The highest BCUT2D eigenvalue weighted by molar-refractivity contribution is 7.99. The third-order valence-electron chi connectivity index (χ3n) is 5.59. The van der Waals surface area contributed by atoms with Gasteiger partial charge in [-0.05, 0) is 12.0 Å². The van der Waals surface area contributed by atoms with Crippen LogP contribution in [0.5, 0.6) is 0 Å². The van der Waals surface area contributed by atoms with Gasteiger partial charge in [-0.25, -0.2) is 0 Å². The average Bonchev–Trinajstić information content (AvgIpc) is 3.48. The molecule has 0 aliphatic heterocycles. The van der Waals surface area contributed by atoms with Crippen LogP contribution in [0.1, 0.15) is 24.9 Å². The smallest absolute Gasteiger partial charge is 0.316 e. The topological polar surface area (TPSA) is 149 Å². The van der Waals surface area contributed by atoms with E-state index in [-0.39, 0.29) is 23.1 Å². The van der Waals surface area contributed by atoms with Gasteiger partial charge in [-0.2, -0.15) is 5.26 Å². The maximum atomic E-state index is 13.5. The van der Waals surface area contributed by atoms with E-state index in [0.717, 1.165) is 22.9 Å². The number of aromatic nitrogens is 3. The van der Waals surface area contributed by atoms with Crippen molar-refractivity contribution in [2.45, 2.75) is 24.5 Å². The van der Waals surface area contributed by atoms with Gasteiger partial charge in [0.15, 0.2) is 5.16 Å². The van der Waals surface area contributed by atoms with E-state index < -0.39 is 17.9 Å². The maximum absolute atomic E-state index is 13.5. The Hall–Kier alpha value is -4.56. The Kier molecular flexibility index (Phi) is 7.90. The van der Waals surface area contributed by atoms with Crippen LogP contribution in [0.25, 0.3) is 22.5 Å². The number of nitriles is 1. The number of anilines is 2. The number of thioether (sulfide) groups is 1. The summed E-state index contributed by atoms with van der Waals surface area (Å²) >= 11 is 1.06. The third kappa shape index (κ3) is 5.34. The molecule has 2 aromatic carbocycles. The Morgan fingerprint density at radius 3 is 2.38 bits per heavy atom. The summed E-state index contributed by atoms with van der Waals surface area (Å²) in [5.74, 6) is -0.442. The van der Waals surface area contributed by atoms with Crippen LogP contribution in [0.3, 0.4) is 0 Å². The number of esters is 1. The monoisotopic (exact) mass is 516 g/mol. The first-order valence-electron chi connectivity index (χ1n) is 11.4. The van der Waals surface area contributed by atoms with E-state index in [1.54, 1.807) is 6.92 Å². The minimum atomic E-state index is -0.827. The molecule has 3 N–H and O–H groups in total. The van der Waals surface area contributed by atoms with Crippen LogP contribution >= 0.6 is 11.8 Å². The van der Waals surface area contributed by atoms with Crippen LogP contribution in [-0.2, 0) is 14.3 Å². The van der Waals surface area contributed by atoms with Gasteiger partial charge >= 0.3 is 5.97 Å². The number of carbonyl (C=O) groups excluding carboxylic acids is 2. The molecule has 37 heavy (non-hydrogen) atoms. The van der Waals surface area contributed by atoms with Crippen molar-refractivity contribution in [2.75, 3.05) is 23.9 Å². The molecule has 0 fully saturated rings. The zero-order chi connectivity index (χ0) is 26.4. The van der Waals surface area contributed by atoms with Gasteiger partial charge in [0.05, 0.1) is 12.9 Å². The molecule has 11 heteroatoms. The van der Waals surface area contributed by atoms with Gasteiger partial charge in [0, 0.05) is 11.1 Å². The van der Waals surface area contributed by atoms with Gasteiger partial charge in [0.1, 0.15) is 23.4 Å². The molecule has 4 rings (SSSR count). The number of rotatable bonds is 9. The minimum absolute atomic E-state index is 0.0178. The lowest BCUT2D eigenvalue weighted by molar-refractivity contribution is -0.137. The summed E-state index contributed by atoms with van der Waals surface area (Å²) < 4.78 is 12.2. The number of amides is 1. The Bertz CT molecular complexity index is 1440. The van der Waals surface area contributed by atoms with Crippen molar-refractivity contribution in [1.29, 1.82) is 5.26 Å². The highest BCUT2D eigenvalue weighted by atomic mass is 32.2. The molecule has 2 heterocycles. The zero-order valence-electron chi connectivity index (χ0n) is 20.2. The predicted octanol–water partition coefficient (Wildman–Crippen LogP) is 4.51. The molecule has 0 spiro atoms. The lowest BCUT2D eigenvalue weighted by atomic mass is 9.98. The van der Waals surface area contributed by atoms with Crippen LogP contribution in [0.4, 0.5) is 11.8 Å². The molecule has 2 aromatic heterocycles. The molecule has 10 nitrogen and oxygen atoms in total. The fourth-order valence-electron chi connectivity index (χ4n) is 3.84. The Morgan fingerprint density at radius 2 is 1.78 bits per heavy atom. The number of carbonyl (C=O) groups is 2. The highest BCUT2D eigenvalue weighted by Gasteiger charge is 2.29. The number of furan rings is 1. The fourth-order valence-corrected chi connectivity index (χ4v) is 4.66.